The van der Waals surface area contributed by atoms with Gasteiger partial charge in [-0.05, 0) is 32.1 Å². The lowest BCUT2D eigenvalue weighted by Crippen LogP contribution is -2.28. The summed E-state index contributed by atoms with van der Waals surface area (Å²) in [5.74, 6) is -1.38. The first-order valence-corrected chi connectivity index (χ1v) is 19.0. The van der Waals surface area contributed by atoms with Crippen molar-refractivity contribution in [3.63, 3.8) is 0 Å². The van der Waals surface area contributed by atoms with Crippen molar-refractivity contribution < 1.29 is 39.2 Å². The monoisotopic (exact) mass is 664 g/mol. The zero-order valence-corrected chi connectivity index (χ0v) is 29.8. The van der Waals surface area contributed by atoms with E-state index in [1.54, 1.807) is 12.2 Å². The number of Topliss-reactive ketones (excluding diaryl/α,β-unsaturated/α-hetero) is 1. The van der Waals surface area contributed by atoms with Crippen molar-refractivity contribution in [3.8, 4) is 0 Å². The summed E-state index contributed by atoms with van der Waals surface area (Å²) in [6, 6.07) is 0. The van der Waals surface area contributed by atoms with Gasteiger partial charge in [-0.3, -0.25) is 14.4 Å². The predicted octanol–water partition coefficient (Wildman–Crippen LogP) is 8.10. The highest BCUT2D eigenvalue weighted by Crippen LogP contribution is 2.33. The van der Waals surface area contributed by atoms with Gasteiger partial charge in [0, 0.05) is 31.1 Å². The molecular formula is C39H68O8. The minimum Gasteiger partial charge on any atom is -0.462 e. The van der Waals surface area contributed by atoms with E-state index in [9.17, 15) is 29.7 Å². The minimum absolute atomic E-state index is 0.0286. The summed E-state index contributed by atoms with van der Waals surface area (Å²) in [6.07, 6.45) is 27.4. The van der Waals surface area contributed by atoms with Gasteiger partial charge in [0.05, 0.1) is 18.8 Å². The van der Waals surface area contributed by atoms with Crippen LogP contribution in [0.15, 0.2) is 24.3 Å². The summed E-state index contributed by atoms with van der Waals surface area (Å²) < 4.78 is 10.5. The van der Waals surface area contributed by atoms with Gasteiger partial charge >= 0.3 is 11.9 Å². The fourth-order valence-corrected chi connectivity index (χ4v) is 6.12. The van der Waals surface area contributed by atoms with Gasteiger partial charge in [-0.2, -0.15) is 0 Å². The number of ether oxygens (including phenoxy) is 2. The first-order chi connectivity index (χ1) is 22.8. The quantitative estimate of drug-likeness (QED) is 0.0399. The van der Waals surface area contributed by atoms with Gasteiger partial charge < -0.3 is 24.8 Å². The third-order valence-electron chi connectivity index (χ3n) is 9.12. The predicted molar refractivity (Wildman–Crippen MR) is 188 cm³/mol. The molecule has 0 saturated heterocycles. The maximum Gasteiger partial charge on any atom is 0.306 e. The number of hydrogen-bond acceptors (Lipinski definition) is 8. The Morgan fingerprint density at radius 1 is 0.809 bits per heavy atom. The number of ketones is 1. The largest absolute Gasteiger partial charge is 0.462 e. The number of esters is 2. The third-order valence-corrected chi connectivity index (χ3v) is 9.12. The molecule has 5 atom stereocenters. The molecule has 0 unspecified atom stereocenters. The summed E-state index contributed by atoms with van der Waals surface area (Å²) in [7, 11) is 0. The second kappa shape index (κ2) is 28.9. The number of allylic oxidation sites excluding steroid dienone is 2. The highest BCUT2D eigenvalue weighted by atomic mass is 16.6. The van der Waals surface area contributed by atoms with Crippen molar-refractivity contribution in [3.05, 3.63) is 24.3 Å². The van der Waals surface area contributed by atoms with Crippen molar-refractivity contribution in [1.29, 1.82) is 0 Å². The molecule has 0 aromatic heterocycles. The van der Waals surface area contributed by atoms with Crippen LogP contribution in [0, 0.1) is 11.8 Å². The molecule has 0 heterocycles. The lowest BCUT2D eigenvalue weighted by molar-refractivity contribution is -0.161. The normalized spacial score (nSPS) is 19.5. The molecule has 3 N–H and O–H groups in total. The second-order valence-corrected chi connectivity index (χ2v) is 13.4. The standard InChI is InChI=1S/C39H68O8/c1-3-5-7-8-9-10-11-12-13-14-15-16-21-25-38(44)46-31-33(30-40)47-39(45)26-22-18-17-20-24-34-35(37(43)29-36(34)42)28-27-32(41)23-19-6-4-2/h17,20,27-28,32-35,37,40-41,43H,3-16,18-19,21-26,29-31H2,1-2H3/b20-17-,28-27+/t32-,33-,34+,35+,37+/m0/s1. The highest BCUT2D eigenvalue weighted by Gasteiger charge is 2.39. The molecule has 1 fully saturated rings. The van der Waals surface area contributed by atoms with Crippen LogP contribution in [0.4, 0.5) is 0 Å². The van der Waals surface area contributed by atoms with Gasteiger partial charge in [-0.15, -0.1) is 0 Å². The average molecular weight is 665 g/mol. The molecule has 0 spiro atoms. The van der Waals surface area contributed by atoms with E-state index in [-0.39, 0.29) is 43.0 Å². The molecule has 8 nitrogen and oxygen atoms in total. The van der Waals surface area contributed by atoms with Crippen LogP contribution < -0.4 is 0 Å². The maximum atomic E-state index is 12.4. The number of aliphatic hydroxyl groups excluding tert-OH is 3. The van der Waals surface area contributed by atoms with E-state index in [4.69, 9.17) is 9.47 Å². The smallest absolute Gasteiger partial charge is 0.306 e. The molecule has 1 rings (SSSR count). The molecule has 47 heavy (non-hydrogen) atoms. The lowest BCUT2D eigenvalue weighted by atomic mass is 9.90. The molecule has 1 saturated carbocycles. The molecule has 0 radical (unpaired) electrons. The fourth-order valence-electron chi connectivity index (χ4n) is 6.12. The molecule has 1 aliphatic carbocycles. The minimum atomic E-state index is -0.872. The summed E-state index contributed by atoms with van der Waals surface area (Å²) in [4.78, 5) is 36.8. The average Bonchev–Trinajstić information content (AvgIpc) is 3.32. The molecule has 1 aliphatic rings. The van der Waals surface area contributed by atoms with Crippen molar-refractivity contribution in [2.24, 2.45) is 11.8 Å². The Bertz CT molecular complexity index is 869. The Labute approximate surface area is 285 Å². The van der Waals surface area contributed by atoms with E-state index in [2.05, 4.69) is 13.8 Å². The van der Waals surface area contributed by atoms with Crippen molar-refractivity contribution in [1.82, 2.24) is 0 Å². The fraction of sp³-hybridized carbons (Fsp3) is 0.821. The van der Waals surface area contributed by atoms with Gasteiger partial charge in [0.2, 0.25) is 0 Å². The van der Waals surface area contributed by atoms with Gasteiger partial charge in [-0.1, -0.05) is 134 Å². The number of carbonyl (C=O) groups is 3. The van der Waals surface area contributed by atoms with Gasteiger partial charge in [0.1, 0.15) is 12.4 Å². The van der Waals surface area contributed by atoms with Crippen LogP contribution in [0.1, 0.15) is 162 Å². The van der Waals surface area contributed by atoms with E-state index < -0.39 is 30.9 Å². The maximum absolute atomic E-state index is 12.4. The van der Waals surface area contributed by atoms with Crippen molar-refractivity contribution in [2.75, 3.05) is 13.2 Å². The van der Waals surface area contributed by atoms with Gasteiger partial charge in [0.15, 0.2) is 6.10 Å². The first-order valence-electron chi connectivity index (χ1n) is 19.0. The molecule has 0 aliphatic heterocycles. The molecule has 0 aromatic rings. The molecular weight excluding hydrogens is 596 g/mol. The number of carbonyl (C=O) groups excluding carboxylic acids is 3. The zero-order chi connectivity index (χ0) is 34.5. The molecule has 0 aromatic carbocycles. The van der Waals surface area contributed by atoms with Crippen LogP contribution in [0.25, 0.3) is 0 Å². The Kier molecular flexibility index (Phi) is 26.5. The van der Waals surface area contributed by atoms with E-state index >= 15 is 0 Å². The Balaban J connectivity index is 2.15. The van der Waals surface area contributed by atoms with E-state index in [0.717, 1.165) is 38.5 Å². The number of unbranched alkanes of at least 4 members (excludes halogenated alkanes) is 15. The van der Waals surface area contributed by atoms with Crippen molar-refractivity contribution >= 4 is 17.7 Å². The number of aliphatic hydroxyl groups is 3. The summed E-state index contributed by atoms with van der Waals surface area (Å²) in [6.45, 7) is 3.80. The second-order valence-electron chi connectivity index (χ2n) is 13.4. The Hall–Kier alpha value is -2.03. The molecule has 0 bridgehead atoms. The van der Waals surface area contributed by atoms with Crippen LogP contribution in [-0.2, 0) is 23.9 Å². The Morgan fingerprint density at radius 2 is 1.38 bits per heavy atom. The lowest BCUT2D eigenvalue weighted by Gasteiger charge is -2.16. The van der Waals surface area contributed by atoms with E-state index in [1.165, 1.54) is 64.2 Å². The van der Waals surface area contributed by atoms with Crippen LogP contribution >= 0.6 is 0 Å². The van der Waals surface area contributed by atoms with Crippen LogP contribution in [-0.4, -0.2) is 64.6 Å². The van der Waals surface area contributed by atoms with Crippen LogP contribution in [0.5, 0.6) is 0 Å². The van der Waals surface area contributed by atoms with E-state index in [0.29, 0.717) is 32.1 Å². The SMILES string of the molecule is CCCCCCCCCCCCCCCC(=O)OC[C@H](CO)OC(=O)CCC/C=C\C[C@H]1C(=O)C[C@@H](O)[C@@H]1/C=C/[C@@H](O)CCCCC. The van der Waals surface area contributed by atoms with Crippen molar-refractivity contribution in [2.45, 2.75) is 180 Å². The first kappa shape index (κ1) is 43.0. The van der Waals surface area contributed by atoms with Gasteiger partial charge in [0.25, 0.3) is 0 Å². The summed E-state index contributed by atoms with van der Waals surface area (Å²) in [5, 5.41) is 30.1. The topological polar surface area (TPSA) is 130 Å². The number of rotatable bonds is 30. The van der Waals surface area contributed by atoms with Crippen LogP contribution in [0.3, 0.4) is 0 Å². The molecule has 0 amide bonds. The van der Waals surface area contributed by atoms with Crippen LogP contribution in [0.2, 0.25) is 0 Å². The third kappa shape index (κ3) is 22.3. The van der Waals surface area contributed by atoms with E-state index in [1.807, 2.05) is 12.2 Å². The molecule has 8 heteroatoms. The number of hydrogen-bond donors (Lipinski definition) is 3. The zero-order valence-electron chi connectivity index (χ0n) is 29.8. The molecule has 272 valence electrons. The Morgan fingerprint density at radius 3 is 2.00 bits per heavy atom. The summed E-state index contributed by atoms with van der Waals surface area (Å²) >= 11 is 0. The summed E-state index contributed by atoms with van der Waals surface area (Å²) in [5.41, 5.74) is 0. The highest BCUT2D eigenvalue weighted by molar-refractivity contribution is 5.84. The van der Waals surface area contributed by atoms with Gasteiger partial charge in [-0.25, -0.2) is 0 Å².